The summed E-state index contributed by atoms with van der Waals surface area (Å²) in [6.45, 7) is 5.25. The first kappa shape index (κ1) is 18.2. The van der Waals surface area contributed by atoms with Crippen molar-refractivity contribution in [2.75, 3.05) is 26.2 Å². The van der Waals surface area contributed by atoms with Gasteiger partial charge in [-0.1, -0.05) is 18.2 Å². The number of nitrogens with zero attached hydrogens (tertiary/aromatic N) is 1. The van der Waals surface area contributed by atoms with Crippen molar-refractivity contribution >= 4 is 5.91 Å². The van der Waals surface area contributed by atoms with Crippen molar-refractivity contribution in [1.29, 1.82) is 0 Å². The Morgan fingerprint density at radius 3 is 2.74 bits per heavy atom. The van der Waals surface area contributed by atoms with Gasteiger partial charge in [0, 0.05) is 12.1 Å². The predicted octanol–water partition coefficient (Wildman–Crippen LogP) is 2.93. The minimum Gasteiger partial charge on any atom is -0.441 e. The van der Waals surface area contributed by atoms with Crippen LogP contribution >= 0.6 is 0 Å². The molecule has 1 aromatic heterocycles. The van der Waals surface area contributed by atoms with Gasteiger partial charge in [-0.25, -0.2) is 4.98 Å². The topological polar surface area (TPSA) is 76.4 Å². The highest BCUT2D eigenvalue weighted by Crippen LogP contribution is 2.38. The van der Waals surface area contributed by atoms with Gasteiger partial charge in [0.15, 0.2) is 5.69 Å². The molecule has 4 rings (SSSR count). The Labute approximate surface area is 159 Å². The average molecular weight is 369 g/mol. The molecule has 2 saturated heterocycles. The average Bonchev–Trinajstić information content (AvgIpc) is 3.11. The Morgan fingerprint density at radius 1 is 1.26 bits per heavy atom. The summed E-state index contributed by atoms with van der Waals surface area (Å²) < 4.78 is 11.8. The molecule has 2 aliphatic heterocycles. The molecule has 2 aromatic rings. The molecule has 2 N–H and O–H groups in total. The summed E-state index contributed by atoms with van der Waals surface area (Å²) in [5.41, 5.74) is 1.56. The standard InChI is InChI=1S/C21H27N3O3/c1-15-18(24-20(27-15)16-5-3-2-4-6-16)19(25)23-13-17-7-8-21(14-26-17)9-11-22-12-10-21/h2-6,17,22H,7-14H2,1H3,(H,23,25). The van der Waals surface area contributed by atoms with E-state index in [0.717, 1.165) is 31.7 Å². The van der Waals surface area contributed by atoms with E-state index in [1.807, 2.05) is 30.3 Å². The Kier molecular flexibility index (Phi) is 5.27. The van der Waals surface area contributed by atoms with Crippen molar-refractivity contribution in [2.45, 2.75) is 38.7 Å². The highest BCUT2D eigenvalue weighted by Gasteiger charge is 2.37. The van der Waals surface area contributed by atoms with Gasteiger partial charge in [0.25, 0.3) is 5.91 Å². The predicted molar refractivity (Wildman–Crippen MR) is 103 cm³/mol. The molecule has 6 nitrogen and oxygen atoms in total. The van der Waals surface area contributed by atoms with E-state index in [4.69, 9.17) is 9.15 Å². The Hall–Kier alpha value is -2.18. The summed E-state index contributed by atoms with van der Waals surface area (Å²) in [7, 11) is 0. The lowest BCUT2D eigenvalue weighted by Gasteiger charge is -2.43. The molecular formula is C21H27N3O3. The van der Waals surface area contributed by atoms with Gasteiger partial charge in [-0.15, -0.1) is 0 Å². The Balaban J connectivity index is 1.32. The lowest BCUT2D eigenvalue weighted by atomic mass is 9.74. The third-order valence-corrected chi connectivity index (χ3v) is 5.81. The highest BCUT2D eigenvalue weighted by atomic mass is 16.5. The number of carbonyl (C=O) groups is 1. The first-order chi connectivity index (χ1) is 13.2. The maximum Gasteiger partial charge on any atom is 0.273 e. The first-order valence-electron chi connectivity index (χ1n) is 9.79. The van der Waals surface area contributed by atoms with Crippen LogP contribution in [0.25, 0.3) is 11.5 Å². The van der Waals surface area contributed by atoms with Crippen LogP contribution in [-0.4, -0.2) is 43.2 Å². The minimum absolute atomic E-state index is 0.0789. The van der Waals surface area contributed by atoms with Gasteiger partial charge in [0.2, 0.25) is 5.89 Å². The van der Waals surface area contributed by atoms with E-state index in [0.29, 0.717) is 29.3 Å². The maximum absolute atomic E-state index is 12.6. The van der Waals surface area contributed by atoms with Gasteiger partial charge in [-0.2, -0.15) is 0 Å². The molecular weight excluding hydrogens is 342 g/mol. The van der Waals surface area contributed by atoms with E-state index in [1.54, 1.807) is 6.92 Å². The molecule has 1 spiro atoms. The van der Waals surface area contributed by atoms with E-state index in [2.05, 4.69) is 15.6 Å². The number of rotatable bonds is 4. The zero-order chi connectivity index (χ0) is 18.7. The number of hydrogen-bond acceptors (Lipinski definition) is 5. The van der Waals surface area contributed by atoms with Crippen molar-refractivity contribution in [2.24, 2.45) is 5.41 Å². The molecule has 0 aliphatic carbocycles. The molecule has 1 aromatic carbocycles. The SMILES string of the molecule is Cc1oc(-c2ccccc2)nc1C(=O)NCC1CCC2(CCNCC2)CO1. The highest BCUT2D eigenvalue weighted by molar-refractivity contribution is 5.93. The van der Waals surface area contributed by atoms with Gasteiger partial charge >= 0.3 is 0 Å². The van der Waals surface area contributed by atoms with E-state index in [-0.39, 0.29) is 12.0 Å². The normalized spacial score (nSPS) is 21.9. The van der Waals surface area contributed by atoms with Crippen molar-refractivity contribution in [1.82, 2.24) is 15.6 Å². The zero-order valence-electron chi connectivity index (χ0n) is 15.8. The number of piperidine rings is 1. The van der Waals surface area contributed by atoms with Gasteiger partial charge in [-0.05, 0) is 63.2 Å². The van der Waals surface area contributed by atoms with E-state index in [1.165, 1.54) is 19.3 Å². The molecule has 3 heterocycles. The number of nitrogens with one attached hydrogen (secondary N) is 2. The van der Waals surface area contributed by atoms with Gasteiger partial charge in [-0.3, -0.25) is 4.79 Å². The summed E-state index contributed by atoms with van der Waals surface area (Å²) in [5.74, 6) is 0.800. The van der Waals surface area contributed by atoms with Crippen LogP contribution in [0.3, 0.4) is 0 Å². The second-order valence-corrected chi connectivity index (χ2v) is 7.72. The molecule has 0 radical (unpaired) electrons. The number of benzene rings is 1. The molecule has 1 unspecified atom stereocenters. The van der Waals surface area contributed by atoms with Crippen molar-refractivity contribution < 1.29 is 13.9 Å². The summed E-state index contributed by atoms with van der Waals surface area (Å²) in [5, 5.41) is 6.38. The van der Waals surface area contributed by atoms with Crippen molar-refractivity contribution in [3.8, 4) is 11.5 Å². The second kappa shape index (κ2) is 7.82. The lowest BCUT2D eigenvalue weighted by molar-refractivity contribution is -0.0721. The van der Waals surface area contributed by atoms with Crippen LogP contribution in [0.2, 0.25) is 0 Å². The van der Waals surface area contributed by atoms with Gasteiger partial charge in [0.05, 0.1) is 12.7 Å². The van der Waals surface area contributed by atoms with Crippen molar-refractivity contribution in [3.05, 3.63) is 41.8 Å². The molecule has 27 heavy (non-hydrogen) atoms. The molecule has 0 bridgehead atoms. The number of amides is 1. The second-order valence-electron chi connectivity index (χ2n) is 7.72. The number of aromatic nitrogens is 1. The molecule has 1 atom stereocenters. The van der Waals surface area contributed by atoms with Crippen molar-refractivity contribution in [3.63, 3.8) is 0 Å². The number of oxazole rings is 1. The van der Waals surface area contributed by atoms with Crippen LogP contribution in [0, 0.1) is 12.3 Å². The quantitative estimate of drug-likeness (QED) is 0.867. The third kappa shape index (κ3) is 4.06. The molecule has 144 valence electrons. The fraction of sp³-hybridized carbons (Fsp3) is 0.524. The van der Waals surface area contributed by atoms with Gasteiger partial charge < -0.3 is 19.8 Å². The van der Waals surface area contributed by atoms with Crippen LogP contribution < -0.4 is 10.6 Å². The van der Waals surface area contributed by atoms with Gasteiger partial charge in [0.1, 0.15) is 5.76 Å². The number of aryl methyl sites for hydroxylation is 1. The summed E-state index contributed by atoms with van der Waals surface area (Å²) in [6.07, 6.45) is 4.62. The van der Waals surface area contributed by atoms with E-state index in [9.17, 15) is 4.79 Å². The maximum atomic E-state index is 12.6. The summed E-state index contributed by atoms with van der Waals surface area (Å²) in [6, 6.07) is 9.61. The van der Waals surface area contributed by atoms with Crippen LogP contribution in [0.5, 0.6) is 0 Å². The van der Waals surface area contributed by atoms with Crippen LogP contribution in [-0.2, 0) is 4.74 Å². The van der Waals surface area contributed by atoms with E-state index < -0.39 is 0 Å². The summed E-state index contributed by atoms with van der Waals surface area (Å²) >= 11 is 0. The van der Waals surface area contributed by atoms with E-state index >= 15 is 0 Å². The molecule has 0 saturated carbocycles. The minimum atomic E-state index is -0.204. The monoisotopic (exact) mass is 369 g/mol. The Morgan fingerprint density at radius 2 is 2.04 bits per heavy atom. The largest absolute Gasteiger partial charge is 0.441 e. The number of hydrogen-bond donors (Lipinski definition) is 2. The van der Waals surface area contributed by atoms with Crippen LogP contribution in [0.1, 0.15) is 41.9 Å². The number of ether oxygens (including phenoxy) is 1. The molecule has 6 heteroatoms. The number of carbonyl (C=O) groups excluding carboxylic acids is 1. The Bertz CT molecular complexity index is 771. The molecule has 2 aliphatic rings. The zero-order valence-corrected chi connectivity index (χ0v) is 15.8. The third-order valence-electron chi connectivity index (χ3n) is 5.81. The molecule has 2 fully saturated rings. The lowest BCUT2D eigenvalue weighted by Crippen LogP contribution is -2.46. The smallest absolute Gasteiger partial charge is 0.273 e. The fourth-order valence-electron chi connectivity index (χ4n) is 4.03. The van der Waals surface area contributed by atoms with Crippen LogP contribution in [0.4, 0.5) is 0 Å². The first-order valence-corrected chi connectivity index (χ1v) is 9.79. The fourth-order valence-corrected chi connectivity index (χ4v) is 4.03. The van der Waals surface area contributed by atoms with Crippen LogP contribution in [0.15, 0.2) is 34.7 Å². The summed E-state index contributed by atoms with van der Waals surface area (Å²) in [4.78, 5) is 16.9. The molecule has 1 amide bonds.